The van der Waals surface area contributed by atoms with Crippen LogP contribution in [0.15, 0.2) is 34.3 Å². The summed E-state index contributed by atoms with van der Waals surface area (Å²) in [7, 11) is -5.60. The summed E-state index contributed by atoms with van der Waals surface area (Å²) < 4.78 is 62.7. The zero-order valence-electron chi connectivity index (χ0n) is 10.9. The lowest BCUT2D eigenvalue weighted by atomic mass is 10.1. The Hall–Kier alpha value is -1.33. The molecule has 0 spiro atoms. The SMILES string of the molecule is CCC/C(C#N)=C(/c1ccc(Br)cc1)S(=O)(=O)C(F)(F)F. The van der Waals surface area contributed by atoms with Gasteiger partial charge in [0.15, 0.2) is 0 Å². The smallest absolute Gasteiger partial charge is 0.214 e. The van der Waals surface area contributed by atoms with Gasteiger partial charge < -0.3 is 0 Å². The van der Waals surface area contributed by atoms with E-state index in [1.165, 1.54) is 24.3 Å². The monoisotopic (exact) mass is 381 g/mol. The third kappa shape index (κ3) is 3.86. The number of alkyl halides is 3. The Kier molecular flexibility index (Phi) is 5.59. The van der Waals surface area contributed by atoms with Gasteiger partial charge in [0.05, 0.1) is 11.0 Å². The second-order valence-corrected chi connectivity index (χ2v) is 6.92. The van der Waals surface area contributed by atoms with E-state index in [1.807, 2.05) is 0 Å². The molecule has 3 nitrogen and oxygen atoms in total. The molecule has 0 aliphatic carbocycles. The van der Waals surface area contributed by atoms with Crippen LogP contribution in [-0.4, -0.2) is 13.9 Å². The third-order valence-electron chi connectivity index (χ3n) is 2.59. The van der Waals surface area contributed by atoms with Gasteiger partial charge >= 0.3 is 5.51 Å². The van der Waals surface area contributed by atoms with Crippen LogP contribution in [0, 0.1) is 11.3 Å². The van der Waals surface area contributed by atoms with Crippen LogP contribution in [0.25, 0.3) is 4.91 Å². The summed E-state index contributed by atoms with van der Waals surface area (Å²) >= 11 is 3.12. The van der Waals surface area contributed by atoms with Gasteiger partial charge in [-0.1, -0.05) is 41.4 Å². The lowest BCUT2D eigenvalue weighted by Gasteiger charge is -2.14. The first-order chi connectivity index (χ1) is 9.65. The molecule has 0 saturated heterocycles. The Morgan fingerprint density at radius 3 is 2.19 bits per heavy atom. The van der Waals surface area contributed by atoms with E-state index in [0.29, 0.717) is 10.9 Å². The molecule has 8 heteroatoms. The number of sulfone groups is 1. The maximum atomic E-state index is 12.8. The highest BCUT2D eigenvalue weighted by atomic mass is 79.9. The predicted molar refractivity (Wildman–Crippen MR) is 76.6 cm³/mol. The topological polar surface area (TPSA) is 57.9 Å². The van der Waals surface area contributed by atoms with Crippen molar-refractivity contribution in [2.45, 2.75) is 25.3 Å². The number of hydrogen-bond acceptors (Lipinski definition) is 3. The summed E-state index contributed by atoms with van der Waals surface area (Å²) in [5.41, 5.74) is -6.00. The molecule has 0 N–H and O–H groups in total. The molecule has 0 fully saturated rings. The molecule has 0 aromatic heterocycles. The minimum Gasteiger partial charge on any atom is -0.214 e. The molecule has 21 heavy (non-hydrogen) atoms. The predicted octanol–water partition coefficient (Wildman–Crippen LogP) is 4.42. The molecule has 0 aliphatic heterocycles. The van der Waals surface area contributed by atoms with Gasteiger partial charge in [-0.3, -0.25) is 0 Å². The van der Waals surface area contributed by atoms with Gasteiger partial charge in [0.25, 0.3) is 9.84 Å². The Morgan fingerprint density at radius 1 is 1.29 bits per heavy atom. The van der Waals surface area contributed by atoms with Gasteiger partial charge in [-0.05, 0) is 24.1 Å². The fraction of sp³-hybridized carbons (Fsp3) is 0.308. The molecule has 0 radical (unpaired) electrons. The van der Waals surface area contributed by atoms with Gasteiger partial charge in [0.2, 0.25) is 0 Å². The quantitative estimate of drug-likeness (QED) is 0.725. The van der Waals surface area contributed by atoms with Crippen LogP contribution >= 0.6 is 15.9 Å². The van der Waals surface area contributed by atoms with Crippen LogP contribution in [0.1, 0.15) is 25.3 Å². The molecule has 0 bridgehead atoms. The molecule has 0 heterocycles. The first kappa shape index (κ1) is 17.7. The Labute approximate surface area is 129 Å². The highest BCUT2D eigenvalue weighted by Crippen LogP contribution is 2.38. The van der Waals surface area contributed by atoms with Crippen LogP contribution in [-0.2, 0) is 9.84 Å². The van der Waals surface area contributed by atoms with E-state index in [1.54, 1.807) is 13.0 Å². The van der Waals surface area contributed by atoms with E-state index >= 15 is 0 Å². The van der Waals surface area contributed by atoms with E-state index in [4.69, 9.17) is 5.26 Å². The average molecular weight is 382 g/mol. The number of rotatable bonds is 4. The first-order valence-electron chi connectivity index (χ1n) is 5.85. The first-order valence-corrected chi connectivity index (χ1v) is 8.13. The Bertz CT molecular complexity index is 686. The fourth-order valence-corrected chi connectivity index (χ4v) is 3.09. The van der Waals surface area contributed by atoms with Crippen molar-refractivity contribution in [3.63, 3.8) is 0 Å². The minimum absolute atomic E-state index is 0.0444. The zero-order chi connectivity index (χ0) is 16.3. The van der Waals surface area contributed by atoms with E-state index in [9.17, 15) is 21.6 Å². The van der Waals surface area contributed by atoms with E-state index in [0.717, 1.165) is 0 Å². The van der Waals surface area contributed by atoms with Crippen LogP contribution in [0.5, 0.6) is 0 Å². The van der Waals surface area contributed by atoms with E-state index in [-0.39, 0.29) is 12.0 Å². The standard InChI is InChI=1S/C13H11BrF3NO2S/c1-2-3-10(8-18)12(21(19,20)13(15,16)17)9-4-6-11(14)7-5-9/h4-7H,2-3H2,1H3/b12-10+. The Morgan fingerprint density at radius 2 is 1.81 bits per heavy atom. The minimum atomic E-state index is -5.60. The summed E-state index contributed by atoms with van der Waals surface area (Å²) in [5.74, 6) is 0. The normalized spacial score (nSPS) is 13.5. The highest BCUT2D eigenvalue weighted by Gasteiger charge is 2.49. The lowest BCUT2D eigenvalue weighted by Crippen LogP contribution is -2.25. The highest BCUT2D eigenvalue weighted by molar-refractivity contribution is 9.10. The fourth-order valence-electron chi connectivity index (χ4n) is 1.68. The number of nitrogens with zero attached hydrogens (tertiary/aromatic N) is 1. The summed E-state index contributed by atoms with van der Waals surface area (Å²) in [6, 6.07) is 6.88. The summed E-state index contributed by atoms with van der Waals surface area (Å²) in [6.07, 6.45) is 0.313. The molecule has 0 unspecified atom stereocenters. The van der Waals surface area contributed by atoms with Crippen molar-refractivity contribution in [1.29, 1.82) is 5.26 Å². The molecule has 0 atom stereocenters. The van der Waals surface area contributed by atoms with E-state index < -0.39 is 25.8 Å². The number of allylic oxidation sites excluding steroid dienone is 1. The lowest BCUT2D eigenvalue weighted by molar-refractivity contribution is -0.0420. The van der Waals surface area contributed by atoms with Crippen LogP contribution in [0.2, 0.25) is 0 Å². The van der Waals surface area contributed by atoms with Gasteiger partial charge in [0.1, 0.15) is 0 Å². The van der Waals surface area contributed by atoms with Crippen molar-refractivity contribution in [3.8, 4) is 6.07 Å². The molecule has 114 valence electrons. The molecule has 0 amide bonds. The molecule has 1 aromatic rings. The second-order valence-electron chi connectivity index (χ2n) is 4.13. The van der Waals surface area contributed by atoms with Crippen molar-refractivity contribution in [1.82, 2.24) is 0 Å². The van der Waals surface area contributed by atoms with Crippen LogP contribution in [0.4, 0.5) is 13.2 Å². The molecule has 1 rings (SSSR count). The number of nitriles is 1. The van der Waals surface area contributed by atoms with E-state index in [2.05, 4.69) is 15.9 Å². The van der Waals surface area contributed by atoms with Gasteiger partial charge in [0, 0.05) is 10.0 Å². The van der Waals surface area contributed by atoms with Crippen molar-refractivity contribution in [2.75, 3.05) is 0 Å². The van der Waals surface area contributed by atoms with Crippen LogP contribution < -0.4 is 0 Å². The second kappa shape index (κ2) is 6.62. The number of benzene rings is 1. The third-order valence-corrected chi connectivity index (χ3v) is 4.75. The molecular weight excluding hydrogens is 371 g/mol. The van der Waals surface area contributed by atoms with Crippen LogP contribution in [0.3, 0.4) is 0 Å². The molecule has 0 aliphatic rings. The average Bonchev–Trinajstić information content (AvgIpc) is 2.38. The summed E-state index contributed by atoms with van der Waals surface area (Å²) in [4.78, 5) is -0.966. The molecule has 0 saturated carbocycles. The Balaban J connectivity index is 3.68. The van der Waals surface area contributed by atoms with Gasteiger partial charge in [-0.15, -0.1) is 0 Å². The number of hydrogen-bond donors (Lipinski definition) is 0. The van der Waals surface area contributed by atoms with Crippen molar-refractivity contribution < 1.29 is 21.6 Å². The maximum Gasteiger partial charge on any atom is 0.501 e. The summed E-state index contributed by atoms with van der Waals surface area (Å²) in [6.45, 7) is 1.65. The van der Waals surface area contributed by atoms with Crippen molar-refractivity contribution in [3.05, 3.63) is 39.9 Å². The molecule has 1 aromatic carbocycles. The maximum absolute atomic E-state index is 12.8. The largest absolute Gasteiger partial charge is 0.501 e. The summed E-state index contributed by atoms with van der Waals surface area (Å²) in [5, 5.41) is 9.02. The van der Waals surface area contributed by atoms with Gasteiger partial charge in [-0.25, -0.2) is 8.42 Å². The van der Waals surface area contributed by atoms with Crippen molar-refractivity contribution in [2.24, 2.45) is 0 Å². The van der Waals surface area contributed by atoms with Gasteiger partial charge in [-0.2, -0.15) is 18.4 Å². The zero-order valence-corrected chi connectivity index (χ0v) is 13.3. The molecular formula is C13H11BrF3NO2S. The van der Waals surface area contributed by atoms with Crippen molar-refractivity contribution >= 4 is 30.7 Å². The number of halogens is 4.